The molecule has 3 rings (SSSR count). The Labute approximate surface area is 145 Å². The number of hydrogen-bond donors (Lipinski definition) is 1. The third-order valence-corrected chi connectivity index (χ3v) is 4.68. The molecule has 0 radical (unpaired) electrons. The van der Waals surface area contributed by atoms with E-state index >= 15 is 0 Å². The number of fused-ring (bicyclic) bond motifs is 1. The van der Waals surface area contributed by atoms with Gasteiger partial charge in [-0.3, -0.25) is 9.59 Å². The summed E-state index contributed by atoms with van der Waals surface area (Å²) in [5, 5.41) is 9.33. The summed E-state index contributed by atoms with van der Waals surface area (Å²) in [4.78, 5) is 41.3. The number of hydrogen-bond acceptors (Lipinski definition) is 5. The monoisotopic (exact) mass is 347 g/mol. The lowest BCUT2D eigenvalue weighted by Crippen LogP contribution is -2.70. The largest absolute Gasteiger partial charge is 0.445 e. The number of nitrogens with zero attached hydrogens (tertiary/aromatic N) is 3. The van der Waals surface area contributed by atoms with Gasteiger partial charge in [-0.2, -0.15) is 0 Å². The van der Waals surface area contributed by atoms with Gasteiger partial charge < -0.3 is 24.5 Å². The number of rotatable bonds is 3. The maximum atomic E-state index is 12.5. The van der Waals surface area contributed by atoms with E-state index in [2.05, 4.69) is 0 Å². The zero-order valence-electron chi connectivity index (χ0n) is 14.0. The van der Waals surface area contributed by atoms with Crippen molar-refractivity contribution in [1.29, 1.82) is 0 Å². The molecule has 2 saturated heterocycles. The number of benzene rings is 1. The molecule has 1 aromatic rings. The highest BCUT2D eigenvalue weighted by Crippen LogP contribution is 2.21. The first kappa shape index (κ1) is 17.2. The van der Waals surface area contributed by atoms with Gasteiger partial charge in [-0.1, -0.05) is 30.3 Å². The number of amides is 3. The van der Waals surface area contributed by atoms with E-state index in [4.69, 9.17) is 4.74 Å². The molecular weight excluding hydrogens is 326 g/mol. The van der Waals surface area contributed by atoms with Crippen molar-refractivity contribution in [2.75, 3.05) is 33.3 Å². The molecule has 8 nitrogen and oxygen atoms in total. The number of carbonyl (C=O) groups excluding carboxylic acids is 3. The highest BCUT2D eigenvalue weighted by Gasteiger charge is 2.47. The summed E-state index contributed by atoms with van der Waals surface area (Å²) in [5.41, 5.74) is 0.879. The van der Waals surface area contributed by atoms with Crippen LogP contribution in [0.4, 0.5) is 4.79 Å². The minimum atomic E-state index is -0.847. The van der Waals surface area contributed by atoms with Crippen molar-refractivity contribution in [3.05, 3.63) is 35.9 Å². The standard InChI is InChI=1S/C17H21N3O5/c1-18-14(10-21)16(23)20-8-7-19(9-13(20)15(18)22)17(24)25-11-12-5-3-2-4-6-12/h2-6,13-14,21H,7-11H2,1H3/t13-,14+/m1/s1. The summed E-state index contributed by atoms with van der Waals surface area (Å²) in [6.45, 7) is 0.392. The Balaban J connectivity index is 1.63. The highest BCUT2D eigenvalue weighted by molar-refractivity contribution is 5.97. The van der Waals surface area contributed by atoms with E-state index in [0.29, 0.717) is 6.54 Å². The maximum Gasteiger partial charge on any atom is 0.410 e. The molecule has 1 N–H and O–H groups in total. The van der Waals surface area contributed by atoms with Crippen LogP contribution in [0, 0.1) is 0 Å². The predicted octanol–water partition coefficient (Wildman–Crippen LogP) is -0.331. The average Bonchev–Trinajstić information content (AvgIpc) is 2.65. The van der Waals surface area contributed by atoms with Crippen LogP contribution in [-0.4, -0.2) is 83.1 Å². The Morgan fingerprint density at radius 1 is 1.20 bits per heavy atom. The zero-order valence-corrected chi connectivity index (χ0v) is 14.0. The first-order chi connectivity index (χ1) is 12.0. The molecular formula is C17H21N3O5. The van der Waals surface area contributed by atoms with E-state index in [-0.39, 0.29) is 31.5 Å². The van der Waals surface area contributed by atoms with Crippen molar-refractivity contribution in [1.82, 2.24) is 14.7 Å². The van der Waals surface area contributed by atoms with Crippen LogP contribution in [-0.2, 0) is 20.9 Å². The van der Waals surface area contributed by atoms with Gasteiger partial charge in [0, 0.05) is 20.1 Å². The van der Waals surface area contributed by atoms with E-state index < -0.39 is 24.8 Å². The number of ether oxygens (including phenoxy) is 1. The van der Waals surface area contributed by atoms with Crippen LogP contribution < -0.4 is 0 Å². The molecule has 0 saturated carbocycles. The van der Waals surface area contributed by atoms with Gasteiger partial charge in [0.25, 0.3) is 0 Å². The molecule has 0 aliphatic carbocycles. The normalized spacial score (nSPS) is 23.5. The zero-order chi connectivity index (χ0) is 18.0. The third-order valence-electron chi connectivity index (χ3n) is 4.68. The molecule has 2 atom stereocenters. The Morgan fingerprint density at radius 2 is 1.92 bits per heavy atom. The Morgan fingerprint density at radius 3 is 2.60 bits per heavy atom. The van der Waals surface area contributed by atoms with E-state index in [1.54, 1.807) is 0 Å². The summed E-state index contributed by atoms with van der Waals surface area (Å²) in [7, 11) is 1.49. The second-order valence-electron chi connectivity index (χ2n) is 6.18. The lowest BCUT2D eigenvalue weighted by molar-refractivity contribution is -0.165. The van der Waals surface area contributed by atoms with Crippen LogP contribution in [0.3, 0.4) is 0 Å². The Bertz CT molecular complexity index is 666. The average molecular weight is 347 g/mol. The van der Waals surface area contributed by atoms with E-state index in [0.717, 1.165) is 5.56 Å². The summed E-state index contributed by atoms with van der Waals surface area (Å²) < 4.78 is 5.30. The fourth-order valence-corrected chi connectivity index (χ4v) is 3.18. The molecule has 8 heteroatoms. The van der Waals surface area contributed by atoms with Gasteiger partial charge >= 0.3 is 6.09 Å². The number of likely N-dealkylation sites (N-methyl/N-ethyl adjacent to an activating group) is 1. The van der Waals surface area contributed by atoms with Crippen LogP contribution in [0.2, 0.25) is 0 Å². The molecule has 0 unspecified atom stereocenters. The van der Waals surface area contributed by atoms with Gasteiger partial charge in [-0.05, 0) is 5.56 Å². The molecule has 3 amide bonds. The molecule has 0 spiro atoms. The van der Waals surface area contributed by atoms with Crippen LogP contribution in [0.15, 0.2) is 30.3 Å². The van der Waals surface area contributed by atoms with Crippen molar-refractivity contribution in [2.45, 2.75) is 18.7 Å². The fraction of sp³-hybridized carbons (Fsp3) is 0.471. The molecule has 134 valence electrons. The van der Waals surface area contributed by atoms with E-state index in [1.807, 2.05) is 30.3 Å². The van der Waals surface area contributed by atoms with Crippen LogP contribution in [0.1, 0.15) is 5.56 Å². The first-order valence-electron chi connectivity index (χ1n) is 8.16. The number of piperazine rings is 2. The van der Waals surface area contributed by atoms with Crippen LogP contribution in [0.25, 0.3) is 0 Å². The summed E-state index contributed by atoms with van der Waals surface area (Å²) in [5.74, 6) is -0.564. The first-order valence-corrected chi connectivity index (χ1v) is 8.16. The van der Waals surface area contributed by atoms with Gasteiger partial charge in [0.2, 0.25) is 11.8 Å². The minimum absolute atomic E-state index is 0.0979. The molecule has 25 heavy (non-hydrogen) atoms. The summed E-state index contributed by atoms with van der Waals surface area (Å²) >= 11 is 0. The van der Waals surface area contributed by atoms with Crippen LogP contribution >= 0.6 is 0 Å². The minimum Gasteiger partial charge on any atom is -0.445 e. The summed E-state index contributed by atoms with van der Waals surface area (Å²) in [6, 6.07) is 7.76. The predicted molar refractivity (Wildman–Crippen MR) is 87.3 cm³/mol. The smallest absolute Gasteiger partial charge is 0.410 e. The van der Waals surface area contributed by atoms with Crippen molar-refractivity contribution >= 4 is 17.9 Å². The maximum absolute atomic E-state index is 12.5. The molecule has 2 heterocycles. The summed E-state index contributed by atoms with van der Waals surface area (Å²) in [6.07, 6.45) is -0.504. The lowest BCUT2D eigenvalue weighted by Gasteiger charge is -2.47. The Hall–Kier alpha value is -2.61. The quantitative estimate of drug-likeness (QED) is 0.809. The van der Waals surface area contributed by atoms with Crippen molar-refractivity contribution in [2.24, 2.45) is 0 Å². The number of carbonyl (C=O) groups is 3. The van der Waals surface area contributed by atoms with E-state index in [1.165, 1.54) is 21.7 Å². The molecule has 2 fully saturated rings. The van der Waals surface area contributed by atoms with Crippen molar-refractivity contribution < 1.29 is 24.2 Å². The van der Waals surface area contributed by atoms with E-state index in [9.17, 15) is 19.5 Å². The number of aliphatic hydroxyl groups excluding tert-OH is 1. The van der Waals surface area contributed by atoms with Crippen molar-refractivity contribution in [3.8, 4) is 0 Å². The second-order valence-corrected chi connectivity index (χ2v) is 6.18. The lowest BCUT2D eigenvalue weighted by atomic mass is 10.0. The molecule has 0 aromatic heterocycles. The van der Waals surface area contributed by atoms with Gasteiger partial charge in [-0.25, -0.2) is 4.79 Å². The molecule has 0 bridgehead atoms. The highest BCUT2D eigenvalue weighted by atomic mass is 16.6. The van der Waals surface area contributed by atoms with Gasteiger partial charge in [-0.15, -0.1) is 0 Å². The Kier molecular flexibility index (Phi) is 4.89. The SMILES string of the molecule is CN1C(=O)[C@H]2CN(C(=O)OCc3ccccc3)CCN2C(=O)[C@@H]1CO. The van der Waals surface area contributed by atoms with Gasteiger partial charge in [0.1, 0.15) is 18.7 Å². The van der Waals surface area contributed by atoms with Crippen LogP contribution in [0.5, 0.6) is 0 Å². The van der Waals surface area contributed by atoms with Gasteiger partial charge in [0.15, 0.2) is 0 Å². The molecule has 2 aliphatic rings. The molecule has 2 aliphatic heterocycles. The van der Waals surface area contributed by atoms with Gasteiger partial charge in [0.05, 0.1) is 13.2 Å². The topological polar surface area (TPSA) is 90.4 Å². The second kappa shape index (κ2) is 7.10. The van der Waals surface area contributed by atoms with Crippen molar-refractivity contribution in [3.63, 3.8) is 0 Å². The third kappa shape index (κ3) is 3.30. The fourth-order valence-electron chi connectivity index (χ4n) is 3.18. The molecule has 1 aromatic carbocycles. The number of aliphatic hydroxyl groups is 1.